The van der Waals surface area contributed by atoms with Gasteiger partial charge in [0.25, 0.3) is 0 Å². The summed E-state index contributed by atoms with van der Waals surface area (Å²) in [5, 5.41) is 15.2. The molecule has 0 saturated heterocycles. The predicted molar refractivity (Wildman–Crippen MR) is 75.9 cm³/mol. The minimum atomic E-state index is -0.257. The van der Waals surface area contributed by atoms with Crippen LogP contribution in [0, 0.1) is 11.3 Å². The molecular formula is C14H16N4O2. The Hall–Kier alpha value is -2.68. The minimum absolute atomic E-state index is 0.0702. The number of hydrogen-bond acceptors (Lipinski definition) is 4. The van der Waals surface area contributed by atoms with Crippen LogP contribution < -0.4 is 10.7 Å². The molecule has 0 bridgehead atoms. The summed E-state index contributed by atoms with van der Waals surface area (Å²) in [5.74, 6) is -0.460. The first-order valence-corrected chi connectivity index (χ1v) is 6.17. The average molecular weight is 272 g/mol. The average Bonchev–Trinajstić information content (AvgIpc) is 2.44. The van der Waals surface area contributed by atoms with Gasteiger partial charge in [-0.05, 0) is 25.1 Å². The summed E-state index contributed by atoms with van der Waals surface area (Å²) in [6, 6.07) is 8.63. The zero-order valence-electron chi connectivity index (χ0n) is 11.4. The van der Waals surface area contributed by atoms with E-state index < -0.39 is 0 Å². The number of rotatable bonds is 5. The van der Waals surface area contributed by atoms with Gasteiger partial charge in [0.05, 0.1) is 18.1 Å². The third-order valence-corrected chi connectivity index (χ3v) is 2.38. The van der Waals surface area contributed by atoms with E-state index in [4.69, 9.17) is 5.26 Å². The summed E-state index contributed by atoms with van der Waals surface area (Å²) in [6.45, 7) is 3.37. The second-order valence-corrected chi connectivity index (χ2v) is 4.15. The van der Waals surface area contributed by atoms with E-state index in [1.54, 1.807) is 38.1 Å². The molecule has 6 heteroatoms. The quantitative estimate of drug-likeness (QED) is 0.632. The molecule has 0 saturated carbocycles. The molecule has 0 unspecified atom stereocenters. The fourth-order valence-corrected chi connectivity index (χ4v) is 1.38. The van der Waals surface area contributed by atoms with Crippen LogP contribution in [0.4, 0.5) is 5.69 Å². The lowest BCUT2D eigenvalue weighted by molar-refractivity contribution is -0.121. The van der Waals surface area contributed by atoms with Crippen LogP contribution in [0.3, 0.4) is 0 Å². The first-order chi connectivity index (χ1) is 9.55. The van der Waals surface area contributed by atoms with E-state index in [-0.39, 0.29) is 18.2 Å². The zero-order chi connectivity index (χ0) is 15.0. The van der Waals surface area contributed by atoms with Crippen molar-refractivity contribution in [3.63, 3.8) is 0 Å². The summed E-state index contributed by atoms with van der Waals surface area (Å²) in [4.78, 5) is 22.8. The van der Waals surface area contributed by atoms with Crippen LogP contribution >= 0.6 is 0 Å². The Morgan fingerprint density at radius 1 is 1.35 bits per heavy atom. The van der Waals surface area contributed by atoms with Gasteiger partial charge in [-0.15, -0.1) is 0 Å². The molecule has 0 aliphatic rings. The number of nitrogens with one attached hydrogen (secondary N) is 2. The van der Waals surface area contributed by atoms with Crippen LogP contribution in [-0.4, -0.2) is 17.5 Å². The number of hydrazone groups is 1. The summed E-state index contributed by atoms with van der Waals surface area (Å²) >= 11 is 0. The summed E-state index contributed by atoms with van der Waals surface area (Å²) in [6.07, 6.45) is 0.407. The Morgan fingerprint density at radius 2 is 2.10 bits per heavy atom. The number of benzene rings is 1. The molecule has 104 valence electrons. The number of nitrogens with zero attached hydrogens (tertiary/aromatic N) is 2. The molecule has 0 spiro atoms. The zero-order valence-corrected chi connectivity index (χ0v) is 11.4. The Bertz CT molecular complexity index is 573. The molecule has 1 aromatic carbocycles. The Kier molecular flexibility index (Phi) is 5.91. The molecule has 0 heterocycles. The van der Waals surface area contributed by atoms with E-state index in [2.05, 4.69) is 15.8 Å². The number of anilines is 1. The molecule has 0 atom stereocenters. The maximum atomic E-state index is 11.7. The lowest BCUT2D eigenvalue weighted by Gasteiger charge is -2.05. The molecule has 0 fully saturated rings. The largest absolute Gasteiger partial charge is 0.326 e. The van der Waals surface area contributed by atoms with E-state index >= 15 is 0 Å². The topological polar surface area (TPSA) is 94.3 Å². The smallest absolute Gasteiger partial charge is 0.239 e. The van der Waals surface area contributed by atoms with Gasteiger partial charge in [0, 0.05) is 17.8 Å². The second-order valence-electron chi connectivity index (χ2n) is 4.15. The van der Waals surface area contributed by atoms with Crippen molar-refractivity contribution < 1.29 is 9.59 Å². The van der Waals surface area contributed by atoms with Crippen molar-refractivity contribution in [3.8, 4) is 6.07 Å². The first kappa shape index (κ1) is 15.4. The number of hydrogen-bond donors (Lipinski definition) is 2. The molecule has 0 aromatic heterocycles. The number of carbonyl (C=O) groups is 2. The van der Waals surface area contributed by atoms with Gasteiger partial charge in [0.1, 0.15) is 0 Å². The highest BCUT2D eigenvalue weighted by Gasteiger charge is 2.05. The number of nitriles is 1. The van der Waals surface area contributed by atoms with Gasteiger partial charge in [-0.25, -0.2) is 5.43 Å². The predicted octanol–water partition coefficient (Wildman–Crippen LogP) is 1.79. The van der Waals surface area contributed by atoms with Gasteiger partial charge in [-0.1, -0.05) is 13.0 Å². The van der Waals surface area contributed by atoms with Crippen LogP contribution in [0.15, 0.2) is 29.4 Å². The van der Waals surface area contributed by atoms with E-state index in [0.717, 1.165) is 0 Å². The maximum absolute atomic E-state index is 11.7. The van der Waals surface area contributed by atoms with Crippen molar-refractivity contribution >= 4 is 23.2 Å². The van der Waals surface area contributed by atoms with Crippen molar-refractivity contribution in [1.82, 2.24) is 5.43 Å². The Labute approximate surface area is 117 Å². The van der Waals surface area contributed by atoms with Gasteiger partial charge in [-0.3, -0.25) is 9.59 Å². The fourth-order valence-electron chi connectivity index (χ4n) is 1.38. The third kappa shape index (κ3) is 5.31. The lowest BCUT2D eigenvalue weighted by Crippen LogP contribution is -2.20. The summed E-state index contributed by atoms with van der Waals surface area (Å²) in [7, 11) is 0. The molecular weight excluding hydrogens is 256 g/mol. The highest BCUT2D eigenvalue weighted by atomic mass is 16.2. The van der Waals surface area contributed by atoms with Crippen molar-refractivity contribution in [2.75, 3.05) is 5.32 Å². The van der Waals surface area contributed by atoms with Crippen LogP contribution in [0.5, 0.6) is 0 Å². The van der Waals surface area contributed by atoms with E-state index in [0.29, 0.717) is 23.4 Å². The lowest BCUT2D eigenvalue weighted by atomic mass is 10.2. The molecule has 0 radical (unpaired) electrons. The van der Waals surface area contributed by atoms with E-state index in [1.807, 2.05) is 6.07 Å². The molecule has 0 aliphatic carbocycles. The summed E-state index contributed by atoms with van der Waals surface area (Å²) < 4.78 is 0. The molecule has 20 heavy (non-hydrogen) atoms. The highest BCUT2D eigenvalue weighted by molar-refractivity contribution is 6.05. The molecule has 6 nitrogen and oxygen atoms in total. The Morgan fingerprint density at radius 3 is 2.75 bits per heavy atom. The second kappa shape index (κ2) is 7.69. The van der Waals surface area contributed by atoms with Crippen molar-refractivity contribution in [1.29, 1.82) is 5.26 Å². The number of carbonyl (C=O) groups excluding carboxylic acids is 2. The van der Waals surface area contributed by atoms with Crippen LogP contribution in [0.1, 0.15) is 32.3 Å². The monoisotopic (exact) mass is 272 g/mol. The summed E-state index contributed by atoms with van der Waals surface area (Å²) in [5.41, 5.74) is 3.88. The van der Waals surface area contributed by atoms with Crippen molar-refractivity contribution in [3.05, 3.63) is 29.8 Å². The number of amides is 2. The minimum Gasteiger partial charge on any atom is -0.326 e. The van der Waals surface area contributed by atoms with Crippen LogP contribution in [0.2, 0.25) is 0 Å². The molecule has 0 aliphatic heterocycles. The Balaban J connectivity index is 2.55. The molecule has 2 amide bonds. The van der Waals surface area contributed by atoms with Gasteiger partial charge in [0.2, 0.25) is 11.8 Å². The van der Waals surface area contributed by atoms with Crippen molar-refractivity contribution in [2.24, 2.45) is 5.10 Å². The normalized spacial score (nSPS) is 10.6. The standard InChI is InChI=1S/C14H16N4O2/c1-3-13(19)18-17-10(2)7-14(20)16-12-6-4-5-11(8-12)9-15/h4-6,8H,3,7H2,1-2H3,(H,16,20)(H,18,19)/b17-10+. The fraction of sp³-hybridized carbons (Fsp3) is 0.286. The van der Waals surface area contributed by atoms with Crippen LogP contribution in [-0.2, 0) is 9.59 Å². The van der Waals surface area contributed by atoms with E-state index in [9.17, 15) is 9.59 Å². The van der Waals surface area contributed by atoms with E-state index in [1.165, 1.54) is 0 Å². The van der Waals surface area contributed by atoms with Gasteiger partial charge in [0.15, 0.2) is 0 Å². The van der Waals surface area contributed by atoms with Gasteiger partial charge >= 0.3 is 0 Å². The van der Waals surface area contributed by atoms with Crippen LogP contribution in [0.25, 0.3) is 0 Å². The van der Waals surface area contributed by atoms with Gasteiger partial charge < -0.3 is 5.32 Å². The van der Waals surface area contributed by atoms with Gasteiger partial charge in [-0.2, -0.15) is 10.4 Å². The first-order valence-electron chi connectivity index (χ1n) is 6.17. The third-order valence-electron chi connectivity index (χ3n) is 2.38. The maximum Gasteiger partial charge on any atom is 0.239 e. The molecule has 2 N–H and O–H groups in total. The highest BCUT2D eigenvalue weighted by Crippen LogP contribution is 2.10. The SMILES string of the molecule is CCC(=O)N/N=C(\C)CC(=O)Nc1cccc(C#N)c1. The van der Waals surface area contributed by atoms with Crippen molar-refractivity contribution in [2.45, 2.75) is 26.7 Å². The molecule has 1 aromatic rings. The molecule has 1 rings (SSSR count).